The lowest BCUT2D eigenvalue weighted by atomic mass is 9.47. The highest BCUT2D eigenvalue weighted by atomic mass is 16.7. The van der Waals surface area contributed by atoms with Crippen molar-refractivity contribution in [1.82, 2.24) is 16.0 Å². The molecule has 10 rings (SSSR count). The van der Waals surface area contributed by atoms with E-state index in [0.29, 0.717) is 55.6 Å². The molecule has 17 heteroatoms. The number of nitro groups is 1. The Kier molecular flexibility index (Phi) is 25.6. The van der Waals surface area contributed by atoms with E-state index in [-0.39, 0.29) is 61.2 Å². The van der Waals surface area contributed by atoms with Crippen molar-refractivity contribution >= 4 is 41.2 Å². The molecule has 4 aliphatic rings. The first-order valence-corrected chi connectivity index (χ1v) is 36.5. The van der Waals surface area contributed by atoms with Gasteiger partial charge in [-0.3, -0.25) is 39.5 Å². The number of methoxy groups -OCH3 is 1. The molecule has 10 atom stereocenters. The number of rotatable bonds is 34. The van der Waals surface area contributed by atoms with Gasteiger partial charge >= 0.3 is 6.16 Å². The standard InChI is InChI=1S/C83H104N6O11/c1-57(2)20-18-21-58(3)71-43-44-72-70-42-33-64-55-69(47-49-81(64,4)73(70)48-50-82(71,72)5)98-53-19-51-85-76(90)45-46-77(91)87-74(54-59-22-10-7-11-23-59)79(93)88(65-34-29-60(30-35-65)56-99-80(94)100-68-40-36-66(37-41-68)89(95)96)75(78(84)92)28-16-17-52-86-83(61-24-12-8-13-25-61,62-26-14-9-15-27-62)63-31-38-67(97-6)39-32-63/h7-15,22-27,29-41,57-58,69-75,86H,16-21,28,42-56H2,1-6H3,(H2,84,92)(H,85,90)(H,87,91)/t58-,69?,70+,71-,72+,73+,74+,75+,81+,82-/m1/s1. The van der Waals surface area contributed by atoms with Crippen molar-refractivity contribution in [1.29, 1.82) is 0 Å². The number of benzene rings is 6. The molecule has 6 aromatic carbocycles. The van der Waals surface area contributed by atoms with Gasteiger partial charge in [-0.1, -0.05) is 181 Å². The van der Waals surface area contributed by atoms with Gasteiger partial charge in [-0.2, -0.15) is 0 Å². The first kappa shape index (κ1) is 74.0. The Labute approximate surface area is 591 Å². The zero-order valence-electron chi connectivity index (χ0n) is 59.4. The molecule has 3 fully saturated rings. The van der Waals surface area contributed by atoms with Gasteiger partial charge in [0.15, 0.2) is 0 Å². The van der Waals surface area contributed by atoms with Crippen LogP contribution >= 0.6 is 0 Å². The Balaban J connectivity index is 0.772. The zero-order chi connectivity index (χ0) is 70.8. The van der Waals surface area contributed by atoms with Crippen molar-refractivity contribution in [3.8, 4) is 11.5 Å². The maximum atomic E-state index is 15.6. The predicted octanol–water partition coefficient (Wildman–Crippen LogP) is 15.7. The van der Waals surface area contributed by atoms with Gasteiger partial charge in [-0.25, -0.2) is 4.79 Å². The van der Waals surface area contributed by atoms with E-state index < -0.39 is 46.4 Å². The van der Waals surface area contributed by atoms with E-state index in [1.807, 2.05) is 91.0 Å². The van der Waals surface area contributed by atoms with Crippen LogP contribution in [-0.4, -0.2) is 79.7 Å². The number of nitrogens with one attached hydrogen (secondary N) is 3. The lowest BCUT2D eigenvalue weighted by Gasteiger charge is -2.58. The number of carbonyl (C=O) groups excluding carboxylic acids is 5. The molecule has 17 nitrogen and oxygen atoms in total. The second-order valence-corrected chi connectivity index (χ2v) is 29.4. The molecule has 5 N–H and O–H groups in total. The van der Waals surface area contributed by atoms with Crippen LogP contribution in [0.2, 0.25) is 0 Å². The minimum absolute atomic E-state index is 0.0470. The van der Waals surface area contributed by atoms with E-state index in [4.69, 9.17) is 24.7 Å². The van der Waals surface area contributed by atoms with E-state index in [1.165, 1.54) is 80.5 Å². The largest absolute Gasteiger partial charge is 0.514 e. The summed E-state index contributed by atoms with van der Waals surface area (Å²) in [6.45, 7) is 13.6. The van der Waals surface area contributed by atoms with Crippen molar-refractivity contribution < 1.29 is 47.8 Å². The summed E-state index contributed by atoms with van der Waals surface area (Å²) in [5, 5.41) is 21.0. The minimum Gasteiger partial charge on any atom is -0.497 e. The van der Waals surface area contributed by atoms with Crippen LogP contribution in [0.15, 0.2) is 175 Å². The number of nitrogens with zero attached hydrogens (tertiary/aromatic N) is 2. The van der Waals surface area contributed by atoms with Gasteiger partial charge in [0.25, 0.3) is 11.6 Å². The number of ether oxygens (including phenoxy) is 4. The first-order valence-electron chi connectivity index (χ1n) is 36.5. The normalized spacial score (nSPS) is 21.8. The molecule has 1 unspecified atom stereocenters. The quantitative estimate of drug-likeness (QED) is 0.00562. The number of carbonyl (C=O) groups is 5. The van der Waals surface area contributed by atoms with Crippen LogP contribution in [0.3, 0.4) is 0 Å². The van der Waals surface area contributed by atoms with Crippen molar-refractivity contribution in [3.63, 3.8) is 0 Å². The molecule has 3 saturated carbocycles. The van der Waals surface area contributed by atoms with Crippen LogP contribution in [-0.2, 0) is 47.2 Å². The summed E-state index contributed by atoms with van der Waals surface area (Å²) in [6.07, 6.45) is 17.1. The van der Waals surface area contributed by atoms with E-state index in [9.17, 15) is 29.3 Å². The SMILES string of the molecule is COc1ccc(C(NCCCC[C@@H](C(N)=O)N(C(=O)[C@H](Cc2ccccc2)NC(=O)CCC(=O)NCCCOC2CC[C@@]3(C)C(=CC[C@H]4[C@@H]5CC[C@H]([C@H](C)CCCC(C)C)[C@@]5(C)CC[C@@H]43)C2)c2ccc(COC(=O)Oc3ccc([N+](=O)[O-])cc3)cc2)(c2ccccc2)c2ccccc2)cc1. The number of nitrogens with two attached hydrogens (primary N) is 1. The van der Waals surface area contributed by atoms with E-state index in [0.717, 1.165) is 82.8 Å². The van der Waals surface area contributed by atoms with Crippen LogP contribution < -0.4 is 36.1 Å². The Morgan fingerprint density at radius 2 is 1.33 bits per heavy atom. The molecule has 0 aliphatic heterocycles. The number of unbranched alkanes of at least 4 members (excludes halogenated alkanes) is 1. The summed E-state index contributed by atoms with van der Waals surface area (Å²) < 4.78 is 22.7. The first-order chi connectivity index (χ1) is 48.3. The smallest absolute Gasteiger partial charge is 0.497 e. The molecule has 0 heterocycles. The molecular weight excluding hydrogens is 1260 g/mol. The van der Waals surface area contributed by atoms with E-state index >= 15 is 4.79 Å². The van der Waals surface area contributed by atoms with Gasteiger partial charge in [0.2, 0.25) is 17.7 Å². The number of amides is 4. The lowest BCUT2D eigenvalue weighted by molar-refractivity contribution is -0.384. The molecule has 0 radical (unpaired) electrons. The van der Waals surface area contributed by atoms with Crippen LogP contribution in [0.25, 0.3) is 0 Å². The van der Waals surface area contributed by atoms with Crippen LogP contribution in [0, 0.1) is 56.5 Å². The summed E-state index contributed by atoms with van der Waals surface area (Å²) in [5.74, 6) is 3.35. The fraction of sp³-hybridized carbons (Fsp3) is 0.482. The highest BCUT2D eigenvalue weighted by Crippen LogP contribution is 2.67. The second-order valence-electron chi connectivity index (χ2n) is 29.4. The topological polar surface area (TPSA) is 231 Å². The summed E-state index contributed by atoms with van der Waals surface area (Å²) in [4.78, 5) is 81.9. The van der Waals surface area contributed by atoms with Crippen molar-refractivity contribution in [2.45, 2.75) is 181 Å². The maximum absolute atomic E-state index is 15.6. The van der Waals surface area contributed by atoms with E-state index in [2.05, 4.69) is 80.9 Å². The third-order valence-electron chi connectivity index (χ3n) is 22.7. The Hall–Kier alpha value is -8.67. The third-order valence-corrected chi connectivity index (χ3v) is 22.7. The molecule has 4 amide bonds. The molecule has 100 heavy (non-hydrogen) atoms. The number of anilines is 1. The third kappa shape index (κ3) is 18.1. The molecule has 532 valence electrons. The number of fused-ring (bicyclic) bond motifs is 5. The van der Waals surface area contributed by atoms with E-state index in [1.54, 1.807) is 36.9 Å². The highest BCUT2D eigenvalue weighted by molar-refractivity contribution is 6.04. The fourth-order valence-electron chi connectivity index (χ4n) is 17.4. The average Bonchev–Trinajstić information content (AvgIpc) is 1.38. The van der Waals surface area contributed by atoms with Crippen LogP contribution in [0.4, 0.5) is 16.2 Å². The molecule has 0 bridgehead atoms. The Bertz CT molecular complexity index is 3660. The van der Waals surface area contributed by atoms with Gasteiger partial charge in [0.1, 0.15) is 30.2 Å². The fourth-order valence-corrected chi connectivity index (χ4v) is 17.4. The second kappa shape index (κ2) is 34.6. The number of nitro benzene ring substituents is 1. The molecular formula is C83H104N6O11. The molecule has 0 saturated heterocycles. The van der Waals surface area contributed by atoms with Gasteiger partial charge < -0.3 is 35.3 Å². The monoisotopic (exact) mass is 1360 g/mol. The number of hydrogen-bond donors (Lipinski definition) is 4. The number of primary amides is 1. The zero-order valence-corrected chi connectivity index (χ0v) is 59.4. The number of hydrogen-bond acceptors (Lipinski definition) is 12. The van der Waals surface area contributed by atoms with Gasteiger partial charge in [0.05, 0.1) is 23.7 Å². The van der Waals surface area contributed by atoms with Gasteiger partial charge in [-0.15, -0.1) is 0 Å². The van der Waals surface area contributed by atoms with Crippen LogP contribution in [0.5, 0.6) is 11.5 Å². The Morgan fingerprint density at radius 3 is 1.98 bits per heavy atom. The predicted molar refractivity (Wildman–Crippen MR) is 390 cm³/mol. The number of non-ortho nitro benzene ring substituents is 1. The van der Waals surface area contributed by atoms with Gasteiger partial charge in [0, 0.05) is 50.2 Å². The maximum Gasteiger partial charge on any atom is 0.514 e. The van der Waals surface area contributed by atoms with Crippen molar-refractivity contribution in [2.75, 3.05) is 31.7 Å². The summed E-state index contributed by atoms with van der Waals surface area (Å²) in [7, 11) is 1.63. The summed E-state index contributed by atoms with van der Waals surface area (Å²) >= 11 is 0. The average molecular weight is 1360 g/mol. The molecule has 4 aliphatic carbocycles. The molecule has 0 spiro atoms. The Morgan fingerprint density at radius 1 is 0.680 bits per heavy atom. The molecule has 6 aromatic rings. The molecule has 0 aromatic heterocycles. The van der Waals surface area contributed by atoms with Crippen molar-refractivity contribution in [3.05, 3.63) is 213 Å². The minimum atomic E-state index is -1.21. The lowest BCUT2D eigenvalue weighted by Crippen LogP contribution is -2.56. The van der Waals surface area contributed by atoms with Gasteiger partial charge in [-0.05, 0) is 194 Å². The van der Waals surface area contributed by atoms with Crippen LogP contribution in [0.1, 0.15) is 172 Å². The summed E-state index contributed by atoms with van der Waals surface area (Å²) in [6, 6.07) is 46.6. The highest BCUT2D eigenvalue weighted by Gasteiger charge is 2.59. The summed E-state index contributed by atoms with van der Waals surface area (Å²) in [5.41, 5.74) is 12.2. The number of allylic oxidation sites excluding steroid dienone is 1. The van der Waals surface area contributed by atoms with Crippen molar-refractivity contribution in [2.24, 2.45) is 52.1 Å².